The quantitative estimate of drug-likeness (QED) is 0.837. The van der Waals surface area contributed by atoms with Crippen LogP contribution in [0.1, 0.15) is 28.1 Å². The second kappa shape index (κ2) is 5.14. The van der Waals surface area contributed by atoms with Crippen LogP contribution >= 0.6 is 0 Å². The summed E-state index contributed by atoms with van der Waals surface area (Å²) in [6.07, 6.45) is -3.81. The van der Waals surface area contributed by atoms with E-state index in [4.69, 9.17) is 0 Å². The minimum absolute atomic E-state index is 0.0386. The van der Waals surface area contributed by atoms with Crippen molar-refractivity contribution in [2.24, 2.45) is 0 Å². The lowest BCUT2D eigenvalue weighted by Crippen LogP contribution is -2.23. The molecule has 3 nitrogen and oxygen atoms in total. The van der Waals surface area contributed by atoms with Gasteiger partial charge in [-0.05, 0) is 36.2 Å². The van der Waals surface area contributed by atoms with Crippen LogP contribution in [0.5, 0.6) is 0 Å². The SMILES string of the molecule is Fc1ccc(Cc2n[nH]c3c2CCNC3)c(C(F)(F)F)c1. The zero-order valence-corrected chi connectivity index (χ0v) is 11.0. The van der Waals surface area contributed by atoms with Gasteiger partial charge in [0, 0.05) is 13.0 Å². The van der Waals surface area contributed by atoms with E-state index in [1.165, 1.54) is 6.07 Å². The Bertz CT molecular complexity index is 661. The van der Waals surface area contributed by atoms with Gasteiger partial charge in [0.1, 0.15) is 5.82 Å². The van der Waals surface area contributed by atoms with E-state index in [-0.39, 0.29) is 12.0 Å². The Morgan fingerprint density at radius 3 is 2.81 bits per heavy atom. The summed E-state index contributed by atoms with van der Waals surface area (Å²) in [6, 6.07) is 2.77. The van der Waals surface area contributed by atoms with Gasteiger partial charge in [-0.2, -0.15) is 18.3 Å². The molecule has 2 N–H and O–H groups in total. The summed E-state index contributed by atoms with van der Waals surface area (Å²) in [6.45, 7) is 1.41. The van der Waals surface area contributed by atoms with Gasteiger partial charge in [-0.3, -0.25) is 5.10 Å². The molecule has 0 saturated heterocycles. The number of nitrogens with zero attached hydrogens (tertiary/aromatic N) is 1. The van der Waals surface area contributed by atoms with Gasteiger partial charge in [-0.25, -0.2) is 4.39 Å². The fourth-order valence-corrected chi connectivity index (χ4v) is 2.61. The Labute approximate surface area is 118 Å². The van der Waals surface area contributed by atoms with Crippen LogP contribution in [0.4, 0.5) is 17.6 Å². The number of hydrogen-bond acceptors (Lipinski definition) is 2. The minimum atomic E-state index is -4.57. The molecule has 1 aromatic heterocycles. The molecule has 2 heterocycles. The maximum Gasteiger partial charge on any atom is 0.416 e. The fraction of sp³-hybridized carbons (Fsp3) is 0.357. The van der Waals surface area contributed by atoms with Crippen molar-refractivity contribution < 1.29 is 17.6 Å². The van der Waals surface area contributed by atoms with Crippen LogP contribution < -0.4 is 5.32 Å². The van der Waals surface area contributed by atoms with Crippen molar-refractivity contribution in [2.45, 2.75) is 25.6 Å². The van der Waals surface area contributed by atoms with Crippen molar-refractivity contribution in [3.63, 3.8) is 0 Å². The molecule has 0 radical (unpaired) electrons. The molecule has 1 aliphatic rings. The maximum atomic E-state index is 13.1. The predicted molar refractivity (Wildman–Crippen MR) is 68.2 cm³/mol. The molecule has 0 bridgehead atoms. The van der Waals surface area contributed by atoms with E-state index in [1.807, 2.05) is 0 Å². The van der Waals surface area contributed by atoms with Crippen LogP contribution in [-0.4, -0.2) is 16.7 Å². The minimum Gasteiger partial charge on any atom is -0.311 e. The average Bonchev–Trinajstić information content (AvgIpc) is 2.83. The second-order valence-corrected chi connectivity index (χ2v) is 5.03. The Kier molecular flexibility index (Phi) is 3.44. The molecule has 0 aliphatic carbocycles. The van der Waals surface area contributed by atoms with Gasteiger partial charge >= 0.3 is 6.18 Å². The zero-order chi connectivity index (χ0) is 15.0. The number of alkyl halides is 3. The smallest absolute Gasteiger partial charge is 0.311 e. The first-order valence-corrected chi connectivity index (χ1v) is 6.56. The lowest BCUT2D eigenvalue weighted by molar-refractivity contribution is -0.138. The molecule has 0 spiro atoms. The third-order valence-electron chi connectivity index (χ3n) is 3.63. The molecule has 0 unspecified atom stereocenters. The zero-order valence-electron chi connectivity index (χ0n) is 11.0. The van der Waals surface area contributed by atoms with Crippen molar-refractivity contribution >= 4 is 0 Å². The van der Waals surface area contributed by atoms with Crippen molar-refractivity contribution in [3.05, 3.63) is 52.1 Å². The monoisotopic (exact) mass is 299 g/mol. The summed E-state index contributed by atoms with van der Waals surface area (Å²) in [5, 5.41) is 10.1. The number of halogens is 4. The summed E-state index contributed by atoms with van der Waals surface area (Å²) in [5.41, 5.74) is 1.58. The Morgan fingerprint density at radius 1 is 1.24 bits per heavy atom. The third kappa shape index (κ3) is 2.78. The molecular weight excluding hydrogens is 286 g/mol. The third-order valence-corrected chi connectivity index (χ3v) is 3.63. The molecular formula is C14H13F4N3. The van der Waals surface area contributed by atoms with Crippen LogP contribution in [0.25, 0.3) is 0 Å². The molecule has 0 saturated carbocycles. The Morgan fingerprint density at radius 2 is 2.05 bits per heavy atom. The number of nitrogens with one attached hydrogen (secondary N) is 2. The number of benzene rings is 1. The lowest BCUT2D eigenvalue weighted by Gasteiger charge is -2.15. The van der Waals surface area contributed by atoms with Crippen molar-refractivity contribution in [3.8, 4) is 0 Å². The van der Waals surface area contributed by atoms with Gasteiger partial charge in [0.05, 0.1) is 17.0 Å². The standard InChI is InChI=1S/C14H13F4N3/c15-9-2-1-8(11(6-9)14(16,17)18)5-12-10-3-4-19-7-13(10)21-20-12/h1-2,6,19H,3-5,7H2,(H,20,21). The number of fused-ring (bicyclic) bond motifs is 1. The second-order valence-electron chi connectivity index (χ2n) is 5.03. The molecule has 0 atom stereocenters. The summed E-state index contributed by atoms with van der Waals surface area (Å²) < 4.78 is 52.1. The van der Waals surface area contributed by atoms with E-state index in [0.717, 1.165) is 30.3 Å². The molecule has 2 aromatic rings. The average molecular weight is 299 g/mol. The summed E-state index contributed by atoms with van der Waals surface area (Å²) in [4.78, 5) is 0. The number of hydrogen-bond donors (Lipinski definition) is 2. The molecule has 1 aliphatic heterocycles. The molecule has 7 heteroatoms. The summed E-state index contributed by atoms with van der Waals surface area (Å²) in [5.74, 6) is -0.890. The van der Waals surface area contributed by atoms with Crippen molar-refractivity contribution in [1.82, 2.24) is 15.5 Å². The summed E-state index contributed by atoms with van der Waals surface area (Å²) >= 11 is 0. The van der Waals surface area contributed by atoms with Crippen molar-refractivity contribution in [2.75, 3.05) is 6.54 Å². The van der Waals surface area contributed by atoms with Gasteiger partial charge in [0.15, 0.2) is 0 Å². The topological polar surface area (TPSA) is 40.7 Å². The van der Waals surface area contributed by atoms with E-state index >= 15 is 0 Å². The Balaban J connectivity index is 1.97. The molecule has 1 aromatic carbocycles. The first kappa shape index (κ1) is 14.1. The van der Waals surface area contributed by atoms with Gasteiger partial charge in [0.2, 0.25) is 0 Å². The summed E-state index contributed by atoms with van der Waals surface area (Å²) in [7, 11) is 0. The lowest BCUT2D eigenvalue weighted by atomic mass is 9.97. The van der Waals surface area contributed by atoms with Crippen molar-refractivity contribution in [1.29, 1.82) is 0 Å². The molecule has 3 rings (SSSR count). The molecule has 112 valence electrons. The molecule has 0 fully saturated rings. The van der Waals surface area contributed by atoms with Crippen LogP contribution in [0, 0.1) is 5.82 Å². The fourth-order valence-electron chi connectivity index (χ4n) is 2.61. The highest BCUT2D eigenvalue weighted by Gasteiger charge is 2.34. The normalized spacial score (nSPS) is 15.0. The van der Waals surface area contributed by atoms with Crippen LogP contribution in [0.15, 0.2) is 18.2 Å². The highest BCUT2D eigenvalue weighted by atomic mass is 19.4. The number of aromatic nitrogens is 2. The van der Waals surface area contributed by atoms with Gasteiger partial charge in [-0.15, -0.1) is 0 Å². The van der Waals surface area contributed by atoms with Crippen LogP contribution in [0.2, 0.25) is 0 Å². The van der Waals surface area contributed by atoms with Crippen LogP contribution in [0.3, 0.4) is 0 Å². The van der Waals surface area contributed by atoms with E-state index in [2.05, 4.69) is 15.5 Å². The van der Waals surface area contributed by atoms with Crippen LogP contribution in [-0.2, 0) is 25.6 Å². The van der Waals surface area contributed by atoms with E-state index < -0.39 is 17.6 Å². The van der Waals surface area contributed by atoms with Gasteiger partial charge in [0.25, 0.3) is 0 Å². The predicted octanol–water partition coefficient (Wildman–Crippen LogP) is 2.80. The number of H-pyrrole nitrogens is 1. The largest absolute Gasteiger partial charge is 0.416 e. The van der Waals surface area contributed by atoms with E-state index in [1.54, 1.807) is 0 Å². The number of aromatic amines is 1. The highest BCUT2D eigenvalue weighted by molar-refractivity contribution is 5.37. The maximum absolute atomic E-state index is 13.1. The van der Waals surface area contributed by atoms with E-state index in [0.29, 0.717) is 18.3 Å². The first-order valence-electron chi connectivity index (χ1n) is 6.56. The first-order chi connectivity index (χ1) is 9.95. The number of rotatable bonds is 2. The highest BCUT2D eigenvalue weighted by Crippen LogP contribution is 2.34. The van der Waals surface area contributed by atoms with Gasteiger partial charge < -0.3 is 5.32 Å². The molecule has 21 heavy (non-hydrogen) atoms. The van der Waals surface area contributed by atoms with Gasteiger partial charge in [-0.1, -0.05) is 6.07 Å². The van der Waals surface area contributed by atoms with E-state index in [9.17, 15) is 17.6 Å². The molecule has 0 amide bonds. The Hall–Kier alpha value is -1.89.